The van der Waals surface area contributed by atoms with Gasteiger partial charge in [0.05, 0.1) is 17.2 Å². The quantitative estimate of drug-likeness (QED) is 0.398. The van der Waals surface area contributed by atoms with Crippen molar-refractivity contribution in [1.29, 1.82) is 0 Å². The van der Waals surface area contributed by atoms with Crippen LogP contribution in [0.3, 0.4) is 0 Å². The Morgan fingerprint density at radius 3 is 2.21 bits per heavy atom. The Morgan fingerprint density at radius 1 is 0.848 bits per heavy atom. The third-order valence-electron chi connectivity index (χ3n) is 5.09. The van der Waals surface area contributed by atoms with Crippen LogP contribution in [0, 0.1) is 0 Å². The van der Waals surface area contributed by atoms with Gasteiger partial charge < -0.3 is 10.1 Å². The maximum absolute atomic E-state index is 13.4. The van der Waals surface area contributed by atoms with Crippen LogP contribution in [-0.4, -0.2) is 27.5 Å². The molecule has 0 aliphatic heterocycles. The molecule has 0 atom stereocenters. The van der Waals surface area contributed by atoms with Crippen LogP contribution in [0.4, 0.5) is 11.4 Å². The first-order chi connectivity index (χ1) is 16.0. The molecule has 7 heteroatoms. The van der Waals surface area contributed by atoms with E-state index in [1.54, 1.807) is 48.5 Å². The van der Waals surface area contributed by atoms with E-state index in [-0.39, 0.29) is 11.4 Å². The average Bonchev–Trinajstić information content (AvgIpc) is 2.84. The van der Waals surface area contributed by atoms with Gasteiger partial charge in [0.25, 0.3) is 10.0 Å². The molecule has 6 nitrogen and oxygen atoms in total. The molecule has 0 bridgehead atoms. The van der Waals surface area contributed by atoms with Gasteiger partial charge in [0.15, 0.2) is 0 Å². The van der Waals surface area contributed by atoms with Gasteiger partial charge in [-0.05, 0) is 66.2 Å². The van der Waals surface area contributed by atoms with Crippen LogP contribution in [0.15, 0.2) is 102 Å². The number of anilines is 2. The summed E-state index contributed by atoms with van der Waals surface area (Å²) >= 11 is 0. The lowest BCUT2D eigenvalue weighted by Gasteiger charge is -2.24. The van der Waals surface area contributed by atoms with Crippen LogP contribution in [-0.2, 0) is 14.8 Å². The molecule has 0 aliphatic carbocycles. The Labute approximate surface area is 193 Å². The van der Waals surface area contributed by atoms with E-state index < -0.39 is 15.9 Å². The summed E-state index contributed by atoms with van der Waals surface area (Å²) in [5.41, 5.74) is 0.971. The first-order valence-electron chi connectivity index (χ1n) is 10.6. The van der Waals surface area contributed by atoms with Crippen LogP contribution in [0.25, 0.3) is 10.8 Å². The first-order valence-corrected chi connectivity index (χ1v) is 12.0. The predicted molar refractivity (Wildman–Crippen MR) is 131 cm³/mol. The van der Waals surface area contributed by atoms with Crippen molar-refractivity contribution in [3.8, 4) is 5.75 Å². The fraction of sp³-hybridized carbons (Fsp3) is 0.115. The molecule has 4 rings (SSSR count). The highest BCUT2D eigenvalue weighted by atomic mass is 32.2. The van der Waals surface area contributed by atoms with Gasteiger partial charge in [0.1, 0.15) is 12.3 Å². The van der Waals surface area contributed by atoms with Crippen molar-refractivity contribution in [2.75, 3.05) is 22.8 Å². The molecule has 0 saturated carbocycles. The topological polar surface area (TPSA) is 75.7 Å². The minimum atomic E-state index is -3.97. The number of fused-ring (bicyclic) bond motifs is 1. The molecule has 0 heterocycles. The van der Waals surface area contributed by atoms with E-state index in [0.717, 1.165) is 15.1 Å². The van der Waals surface area contributed by atoms with Gasteiger partial charge in [0.2, 0.25) is 5.91 Å². The number of ether oxygens (including phenoxy) is 1. The Balaban J connectivity index is 1.62. The molecule has 0 spiro atoms. The number of amides is 1. The lowest BCUT2D eigenvalue weighted by Crippen LogP contribution is -2.38. The highest BCUT2D eigenvalue weighted by Gasteiger charge is 2.27. The molecule has 168 valence electrons. The number of hydrogen-bond donors (Lipinski definition) is 1. The normalized spacial score (nSPS) is 11.2. The summed E-state index contributed by atoms with van der Waals surface area (Å²) in [5, 5.41) is 4.86. The highest BCUT2D eigenvalue weighted by molar-refractivity contribution is 7.92. The number of hydrogen-bond acceptors (Lipinski definition) is 4. The van der Waals surface area contributed by atoms with Crippen LogP contribution in [0.5, 0.6) is 5.75 Å². The molecule has 0 radical (unpaired) electrons. The zero-order valence-electron chi connectivity index (χ0n) is 18.1. The molecule has 1 N–H and O–H groups in total. The maximum atomic E-state index is 13.4. The second-order valence-corrected chi connectivity index (χ2v) is 9.22. The zero-order valence-corrected chi connectivity index (χ0v) is 19.0. The number of nitrogens with one attached hydrogen (secondary N) is 1. The summed E-state index contributed by atoms with van der Waals surface area (Å²) in [7, 11) is -3.97. The number of nitrogens with zero attached hydrogens (tertiary/aromatic N) is 1. The molecular formula is C26H24N2O4S. The standard InChI is InChI=1S/C26H24N2O4S/c1-2-32-24-16-14-23(15-17-24)28(33(30,31)25-10-4-3-5-11-25)19-26(29)27-22-13-12-20-8-6-7-9-21(20)18-22/h3-18H,2,19H2,1H3,(H,27,29). The van der Waals surface area contributed by atoms with Crippen molar-refractivity contribution in [3.05, 3.63) is 97.1 Å². The minimum absolute atomic E-state index is 0.109. The molecule has 0 unspecified atom stereocenters. The van der Waals surface area contributed by atoms with Gasteiger partial charge in [-0.2, -0.15) is 0 Å². The van der Waals surface area contributed by atoms with E-state index in [2.05, 4.69) is 5.32 Å². The monoisotopic (exact) mass is 460 g/mol. The molecule has 33 heavy (non-hydrogen) atoms. The lowest BCUT2D eigenvalue weighted by molar-refractivity contribution is -0.114. The van der Waals surface area contributed by atoms with Crippen LogP contribution in [0.2, 0.25) is 0 Å². The van der Waals surface area contributed by atoms with Gasteiger partial charge in [-0.25, -0.2) is 8.42 Å². The molecule has 0 fully saturated rings. The van der Waals surface area contributed by atoms with Gasteiger partial charge in [-0.1, -0.05) is 48.5 Å². The zero-order chi connectivity index (χ0) is 23.3. The SMILES string of the molecule is CCOc1ccc(N(CC(=O)Nc2ccc3ccccc3c2)S(=O)(=O)c2ccccc2)cc1. The summed E-state index contributed by atoms with van der Waals surface area (Å²) in [4.78, 5) is 13.0. The van der Waals surface area contributed by atoms with Crippen LogP contribution < -0.4 is 14.4 Å². The van der Waals surface area contributed by atoms with E-state index in [9.17, 15) is 13.2 Å². The van der Waals surface area contributed by atoms with E-state index >= 15 is 0 Å². The summed E-state index contributed by atoms with van der Waals surface area (Å²) in [6.45, 7) is 1.99. The Hall–Kier alpha value is -3.84. The second-order valence-electron chi connectivity index (χ2n) is 7.36. The molecule has 4 aromatic carbocycles. The Bertz CT molecular complexity index is 1350. The summed E-state index contributed by atoms with van der Waals surface area (Å²) in [5.74, 6) is 0.178. The second kappa shape index (κ2) is 9.75. The molecule has 0 aliphatic rings. The molecule has 4 aromatic rings. The molecular weight excluding hydrogens is 436 g/mol. The van der Waals surface area contributed by atoms with Gasteiger partial charge in [0, 0.05) is 5.69 Å². The number of carbonyl (C=O) groups excluding carboxylic acids is 1. The third-order valence-corrected chi connectivity index (χ3v) is 6.88. The van der Waals surface area contributed by atoms with Crippen LogP contribution >= 0.6 is 0 Å². The molecule has 0 saturated heterocycles. The third kappa shape index (κ3) is 5.15. The highest BCUT2D eigenvalue weighted by Crippen LogP contribution is 2.26. The van der Waals surface area contributed by atoms with Gasteiger partial charge in [-0.15, -0.1) is 0 Å². The Morgan fingerprint density at radius 2 is 1.52 bits per heavy atom. The van der Waals surface area contributed by atoms with Crippen molar-refractivity contribution in [2.45, 2.75) is 11.8 Å². The average molecular weight is 461 g/mol. The lowest BCUT2D eigenvalue weighted by atomic mass is 10.1. The maximum Gasteiger partial charge on any atom is 0.264 e. The van der Waals surface area contributed by atoms with E-state index in [1.807, 2.05) is 43.3 Å². The van der Waals surface area contributed by atoms with Crippen molar-refractivity contribution in [3.63, 3.8) is 0 Å². The van der Waals surface area contributed by atoms with Gasteiger partial charge >= 0.3 is 0 Å². The van der Waals surface area contributed by atoms with Crippen molar-refractivity contribution >= 4 is 38.1 Å². The van der Waals surface area contributed by atoms with E-state index in [0.29, 0.717) is 23.7 Å². The van der Waals surface area contributed by atoms with E-state index in [4.69, 9.17) is 4.74 Å². The number of carbonyl (C=O) groups is 1. The predicted octanol–water partition coefficient (Wildman–Crippen LogP) is 5.07. The van der Waals surface area contributed by atoms with Crippen molar-refractivity contribution < 1.29 is 17.9 Å². The van der Waals surface area contributed by atoms with E-state index in [1.165, 1.54) is 12.1 Å². The first kappa shape index (κ1) is 22.4. The minimum Gasteiger partial charge on any atom is -0.494 e. The fourth-order valence-electron chi connectivity index (χ4n) is 3.51. The fourth-order valence-corrected chi connectivity index (χ4v) is 4.95. The summed E-state index contributed by atoms with van der Waals surface area (Å²) < 4.78 is 33.4. The van der Waals surface area contributed by atoms with Crippen molar-refractivity contribution in [1.82, 2.24) is 0 Å². The summed E-state index contributed by atoms with van der Waals surface area (Å²) in [6.07, 6.45) is 0. The van der Waals surface area contributed by atoms with Crippen molar-refractivity contribution in [2.24, 2.45) is 0 Å². The molecule has 1 amide bonds. The van der Waals surface area contributed by atoms with Gasteiger partial charge in [-0.3, -0.25) is 9.10 Å². The number of rotatable bonds is 8. The number of sulfonamides is 1. The molecule has 0 aromatic heterocycles. The Kier molecular flexibility index (Phi) is 6.60. The summed E-state index contributed by atoms with van der Waals surface area (Å²) in [6, 6.07) is 28.1. The smallest absolute Gasteiger partial charge is 0.264 e. The number of benzene rings is 4. The largest absolute Gasteiger partial charge is 0.494 e. The van der Waals surface area contributed by atoms with Crippen LogP contribution in [0.1, 0.15) is 6.92 Å².